The molecule has 27 heavy (non-hydrogen) atoms. The Kier molecular flexibility index (Phi) is 5.15. The fraction of sp³-hybridized carbons (Fsp3) is 0.474. The number of nitrogens with one attached hydrogen (secondary N) is 1. The number of nitrogens with zero attached hydrogens (tertiary/aromatic N) is 7. The van der Waals surface area contributed by atoms with Crippen LogP contribution >= 0.6 is 0 Å². The molecule has 0 bridgehead atoms. The first-order chi connectivity index (χ1) is 13.2. The van der Waals surface area contributed by atoms with Crippen molar-refractivity contribution in [3.8, 4) is 0 Å². The average Bonchev–Trinajstić information content (AvgIpc) is 3.24. The maximum Gasteiger partial charge on any atom is 0.222 e. The van der Waals surface area contributed by atoms with Crippen molar-refractivity contribution in [1.29, 1.82) is 0 Å². The third-order valence-corrected chi connectivity index (χ3v) is 4.82. The summed E-state index contributed by atoms with van der Waals surface area (Å²) >= 11 is 0. The van der Waals surface area contributed by atoms with Crippen LogP contribution in [0.25, 0.3) is 0 Å². The summed E-state index contributed by atoms with van der Waals surface area (Å²) in [6.45, 7) is 9.66. The van der Waals surface area contributed by atoms with E-state index in [9.17, 15) is 0 Å². The molecule has 4 heterocycles. The number of fused-ring (bicyclic) bond motifs is 1. The van der Waals surface area contributed by atoms with Crippen LogP contribution in [0, 0.1) is 6.92 Å². The topological polar surface area (TPSA) is 76.7 Å². The molecule has 0 saturated heterocycles. The highest BCUT2D eigenvalue weighted by Crippen LogP contribution is 2.18. The maximum atomic E-state index is 4.71. The minimum Gasteiger partial charge on any atom is -0.348 e. The Morgan fingerprint density at radius 1 is 1.15 bits per heavy atom. The van der Waals surface area contributed by atoms with E-state index >= 15 is 0 Å². The van der Waals surface area contributed by atoms with Crippen molar-refractivity contribution in [2.24, 2.45) is 0 Å². The molecule has 0 saturated carbocycles. The summed E-state index contributed by atoms with van der Waals surface area (Å²) in [7, 11) is 0. The van der Waals surface area contributed by atoms with Gasteiger partial charge in [0, 0.05) is 50.3 Å². The molecule has 0 aliphatic carbocycles. The van der Waals surface area contributed by atoms with E-state index in [1.807, 2.05) is 6.07 Å². The number of aromatic nitrogens is 6. The Labute approximate surface area is 159 Å². The molecule has 4 rings (SSSR count). The van der Waals surface area contributed by atoms with Gasteiger partial charge in [-0.2, -0.15) is 10.2 Å². The van der Waals surface area contributed by atoms with Gasteiger partial charge in [-0.05, 0) is 25.5 Å². The molecule has 0 spiro atoms. The zero-order chi connectivity index (χ0) is 18.6. The van der Waals surface area contributed by atoms with Crippen LogP contribution in [0.5, 0.6) is 0 Å². The quantitative estimate of drug-likeness (QED) is 0.691. The molecular weight excluding hydrogens is 340 g/mol. The second kappa shape index (κ2) is 7.87. The van der Waals surface area contributed by atoms with E-state index in [2.05, 4.69) is 60.8 Å². The molecule has 0 amide bonds. The number of hydrogen-bond donors (Lipinski definition) is 1. The van der Waals surface area contributed by atoms with E-state index in [0.717, 1.165) is 50.5 Å². The highest BCUT2D eigenvalue weighted by molar-refractivity contribution is 5.25. The van der Waals surface area contributed by atoms with Crippen molar-refractivity contribution < 1.29 is 0 Å². The molecule has 0 fully saturated rings. The van der Waals surface area contributed by atoms with Gasteiger partial charge in [-0.1, -0.05) is 6.92 Å². The van der Waals surface area contributed by atoms with Gasteiger partial charge < -0.3 is 5.32 Å². The number of anilines is 1. The largest absolute Gasteiger partial charge is 0.348 e. The number of rotatable bonds is 7. The molecule has 1 aliphatic heterocycles. The molecule has 1 aliphatic rings. The fourth-order valence-electron chi connectivity index (χ4n) is 3.46. The lowest BCUT2D eigenvalue weighted by molar-refractivity contribution is 0.204. The van der Waals surface area contributed by atoms with Crippen LogP contribution in [0.15, 0.2) is 30.7 Å². The third-order valence-electron chi connectivity index (χ3n) is 4.82. The molecule has 1 N–H and O–H groups in total. The zero-order valence-electron chi connectivity index (χ0n) is 16.0. The summed E-state index contributed by atoms with van der Waals surface area (Å²) in [6, 6.07) is 3.98. The SMILES string of the molecule is CCCn1cc(CN2CCn3nc(CNc4ncccn4)cc3C2)c(C)n1. The van der Waals surface area contributed by atoms with Crippen LogP contribution < -0.4 is 5.32 Å². The van der Waals surface area contributed by atoms with Gasteiger partial charge in [0.25, 0.3) is 0 Å². The first-order valence-electron chi connectivity index (χ1n) is 9.53. The van der Waals surface area contributed by atoms with Gasteiger partial charge in [0.2, 0.25) is 5.95 Å². The van der Waals surface area contributed by atoms with Gasteiger partial charge >= 0.3 is 0 Å². The van der Waals surface area contributed by atoms with Crippen LogP contribution in [0.4, 0.5) is 5.95 Å². The van der Waals surface area contributed by atoms with E-state index in [1.165, 1.54) is 11.3 Å². The van der Waals surface area contributed by atoms with Crippen LogP contribution in [-0.2, 0) is 32.7 Å². The summed E-state index contributed by atoms with van der Waals surface area (Å²) in [5.41, 5.74) is 4.73. The van der Waals surface area contributed by atoms with Gasteiger partial charge in [0.1, 0.15) is 0 Å². The summed E-state index contributed by atoms with van der Waals surface area (Å²) in [5, 5.41) is 12.5. The van der Waals surface area contributed by atoms with Crippen molar-refractivity contribution in [3.63, 3.8) is 0 Å². The minimum atomic E-state index is 0.629. The highest BCUT2D eigenvalue weighted by Gasteiger charge is 2.20. The van der Waals surface area contributed by atoms with Gasteiger partial charge in [-0.3, -0.25) is 14.3 Å². The summed E-state index contributed by atoms with van der Waals surface area (Å²) in [4.78, 5) is 10.8. The molecule has 0 aromatic carbocycles. The lowest BCUT2D eigenvalue weighted by Crippen LogP contribution is -2.33. The molecule has 3 aromatic rings. The van der Waals surface area contributed by atoms with Crippen molar-refractivity contribution in [1.82, 2.24) is 34.4 Å². The Bertz CT molecular complexity index is 883. The number of aryl methyl sites for hydroxylation is 2. The Hall–Kier alpha value is -2.74. The summed E-state index contributed by atoms with van der Waals surface area (Å²) in [5.74, 6) is 0.629. The average molecular weight is 366 g/mol. The van der Waals surface area contributed by atoms with Crippen LogP contribution in [0.2, 0.25) is 0 Å². The van der Waals surface area contributed by atoms with Crippen molar-refractivity contribution in [2.45, 2.75) is 53.0 Å². The normalized spacial score (nSPS) is 14.3. The van der Waals surface area contributed by atoms with Crippen LogP contribution in [-0.4, -0.2) is 41.0 Å². The molecule has 0 atom stereocenters. The fourth-order valence-corrected chi connectivity index (χ4v) is 3.46. The Balaban J connectivity index is 1.37. The monoisotopic (exact) mass is 366 g/mol. The summed E-state index contributed by atoms with van der Waals surface area (Å²) in [6.07, 6.45) is 6.76. The van der Waals surface area contributed by atoms with Crippen LogP contribution in [0.3, 0.4) is 0 Å². The highest BCUT2D eigenvalue weighted by atomic mass is 15.3. The number of hydrogen-bond acceptors (Lipinski definition) is 6. The van der Waals surface area contributed by atoms with E-state index in [1.54, 1.807) is 12.4 Å². The predicted molar refractivity (Wildman–Crippen MR) is 103 cm³/mol. The van der Waals surface area contributed by atoms with Crippen molar-refractivity contribution in [3.05, 3.63) is 53.4 Å². The molecule has 142 valence electrons. The van der Waals surface area contributed by atoms with E-state index < -0.39 is 0 Å². The molecule has 8 nitrogen and oxygen atoms in total. The smallest absolute Gasteiger partial charge is 0.222 e. The molecule has 0 radical (unpaired) electrons. The van der Waals surface area contributed by atoms with Gasteiger partial charge in [-0.25, -0.2) is 9.97 Å². The van der Waals surface area contributed by atoms with Gasteiger partial charge in [-0.15, -0.1) is 0 Å². The lowest BCUT2D eigenvalue weighted by Gasteiger charge is -2.27. The van der Waals surface area contributed by atoms with E-state index in [4.69, 9.17) is 5.10 Å². The Morgan fingerprint density at radius 2 is 2.00 bits per heavy atom. The standard InChI is InChI=1S/C19H26N8/c1-3-7-26-13-16(15(2)23-26)12-25-8-9-27-18(14-25)10-17(24-27)11-22-19-20-5-4-6-21-19/h4-6,10,13H,3,7-9,11-12,14H2,1-2H3,(H,20,21,22). The molecule has 8 heteroatoms. The second-order valence-electron chi connectivity index (χ2n) is 6.99. The first-order valence-corrected chi connectivity index (χ1v) is 9.53. The molecule has 0 unspecified atom stereocenters. The van der Waals surface area contributed by atoms with Crippen LogP contribution in [0.1, 0.15) is 36.0 Å². The lowest BCUT2D eigenvalue weighted by atomic mass is 10.2. The van der Waals surface area contributed by atoms with Crippen molar-refractivity contribution >= 4 is 5.95 Å². The zero-order valence-corrected chi connectivity index (χ0v) is 16.0. The molecular formula is C19H26N8. The van der Waals surface area contributed by atoms with E-state index in [0.29, 0.717) is 12.5 Å². The predicted octanol–water partition coefficient (Wildman–Crippen LogP) is 2.22. The second-order valence-corrected chi connectivity index (χ2v) is 6.99. The maximum absolute atomic E-state index is 4.71. The summed E-state index contributed by atoms with van der Waals surface area (Å²) < 4.78 is 4.18. The first kappa shape index (κ1) is 17.7. The van der Waals surface area contributed by atoms with Gasteiger partial charge in [0.15, 0.2) is 0 Å². The third kappa shape index (κ3) is 4.16. The van der Waals surface area contributed by atoms with Crippen molar-refractivity contribution in [2.75, 3.05) is 11.9 Å². The van der Waals surface area contributed by atoms with Gasteiger partial charge in [0.05, 0.1) is 30.2 Å². The Morgan fingerprint density at radius 3 is 2.81 bits per heavy atom. The van der Waals surface area contributed by atoms with E-state index in [-0.39, 0.29) is 0 Å². The molecule has 3 aromatic heterocycles. The minimum absolute atomic E-state index is 0.629.